The lowest BCUT2D eigenvalue weighted by molar-refractivity contribution is -0.145. The summed E-state index contributed by atoms with van der Waals surface area (Å²) in [6.07, 6.45) is 19.4. The summed E-state index contributed by atoms with van der Waals surface area (Å²) in [4.78, 5) is 64.2. The summed E-state index contributed by atoms with van der Waals surface area (Å²) in [5.74, 6) is 0.777. The average Bonchev–Trinajstić information content (AvgIpc) is 3.50. The molecule has 0 bridgehead atoms. The molecule has 2 amide bonds. The fourth-order valence-electron chi connectivity index (χ4n) is 11.4. The number of carbonyl (C=O) groups excluding carboxylic acids is 4. The topological polar surface area (TPSA) is 125 Å². The monoisotopic (exact) mass is 1200 g/mol. The number of carbonyl (C=O) groups is 4. The first-order chi connectivity index (χ1) is 40.0. The van der Waals surface area contributed by atoms with Crippen molar-refractivity contribution in [2.45, 2.75) is 141 Å². The number of unbranched alkanes of at least 4 members (excludes halogenated alkanes) is 13. The molecule has 4 aromatic carbocycles. The van der Waals surface area contributed by atoms with Crippen LogP contribution in [0.25, 0.3) is 0 Å². The number of anilines is 4. The Bertz CT molecular complexity index is 2520. The smallest absolute Gasteiger partial charge is 0.307 e. The van der Waals surface area contributed by atoms with Crippen LogP contribution in [0.1, 0.15) is 140 Å². The van der Waals surface area contributed by atoms with Crippen LogP contribution < -0.4 is 29.1 Å². The normalized spacial score (nSPS) is 15.9. The van der Waals surface area contributed by atoms with Gasteiger partial charge in [-0.1, -0.05) is 135 Å². The molecule has 2 saturated heterocycles. The van der Waals surface area contributed by atoms with Gasteiger partial charge in [0.05, 0.1) is 56.1 Å². The molecule has 18 heteroatoms. The molecule has 14 nitrogen and oxygen atoms in total. The van der Waals surface area contributed by atoms with Crippen molar-refractivity contribution in [2.24, 2.45) is 0 Å². The van der Waals surface area contributed by atoms with E-state index < -0.39 is 0 Å². The molecule has 0 saturated carbocycles. The second-order valence-corrected chi connectivity index (χ2v) is 23.7. The Labute approximate surface area is 506 Å². The number of rotatable bonds is 33. The molecular weight excluding hydrogens is 1120 g/mol. The standard InChI is InChI=1S/C64H84Cl4N6O8/c65-53-19-17-21-55(63(53)67)71-39-35-69(36-40-71)33-13-15-43-79-51-29-25-49-27-31-59(75)73(57(49)45-51)47-81-61(77)23-11-9-7-5-3-1-2-4-6-8-10-12-24-62(78)82-48-74-58-46-52(30-26-50(58)28-32-60(74)76)80-44-16-14-34-70-37-41-72(42-38-70)56-22-18-20-54(66)64(56)68/h17-22,25-26,29-30,45-46H,1-16,23-24,27-28,31-44,47-48H2. The van der Waals surface area contributed by atoms with Gasteiger partial charge in [0.2, 0.25) is 11.8 Å². The SMILES string of the molecule is O=C(CCCCCCCCCCCCCCC(=O)OCN1C(=O)CCc2ccc(OCCCCN3CCN(c4cccc(Cl)c4Cl)CC3)cc21)OCN1C(=O)CCc2ccc(OCCCCN3CCN(c4cccc(Cl)c4Cl)CC3)cc21. The van der Waals surface area contributed by atoms with Crippen LogP contribution >= 0.6 is 46.4 Å². The maximum atomic E-state index is 13.0. The molecule has 4 aliphatic rings. The van der Waals surface area contributed by atoms with Crippen LogP contribution in [0, 0.1) is 0 Å². The van der Waals surface area contributed by atoms with Crippen molar-refractivity contribution in [2.75, 3.05) is 112 Å². The van der Waals surface area contributed by atoms with Crippen molar-refractivity contribution in [1.29, 1.82) is 0 Å². The van der Waals surface area contributed by atoms with E-state index >= 15 is 0 Å². The van der Waals surface area contributed by atoms with E-state index in [-0.39, 0.29) is 37.2 Å². The van der Waals surface area contributed by atoms with E-state index in [1.165, 1.54) is 25.7 Å². The van der Waals surface area contributed by atoms with Crippen molar-refractivity contribution in [1.82, 2.24) is 9.80 Å². The second kappa shape index (κ2) is 33.5. The lowest BCUT2D eigenvalue weighted by Gasteiger charge is -2.36. The van der Waals surface area contributed by atoms with Crippen molar-refractivity contribution in [3.05, 3.63) is 104 Å². The highest BCUT2D eigenvalue weighted by Crippen LogP contribution is 2.36. The first-order valence-corrected chi connectivity index (χ1v) is 31.8. The Balaban J connectivity index is 0.597. The van der Waals surface area contributed by atoms with Gasteiger partial charge in [0.1, 0.15) is 11.5 Å². The van der Waals surface area contributed by atoms with Crippen molar-refractivity contribution < 1.29 is 38.1 Å². The van der Waals surface area contributed by atoms with Crippen LogP contribution in [0.4, 0.5) is 22.7 Å². The number of aryl methyl sites for hydroxylation is 2. The number of esters is 2. The third-order valence-corrected chi connectivity index (χ3v) is 17.9. The molecule has 4 heterocycles. The number of benzene rings is 4. The fraction of sp³-hybridized carbons (Fsp3) is 0.562. The van der Waals surface area contributed by atoms with E-state index in [9.17, 15) is 19.2 Å². The van der Waals surface area contributed by atoms with Gasteiger partial charge in [0.25, 0.3) is 0 Å². The zero-order chi connectivity index (χ0) is 57.5. The van der Waals surface area contributed by atoms with Gasteiger partial charge in [-0.3, -0.25) is 38.8 Å². The van der Waals surface area contributed by atoms with E-state index in [4.69, 9.17) is 65.4 Å². The number of hydrogen-bond acceptors (Lipinski definition) is 12. The van der Waals surface area contributed by atoms with Crippen molar-refractivity contribution >= 4 is 92.9 Å². The molecule has 0 N–H and O–H groups in total. The highest BCUT2D eigenvalue weighted by atomic mass is 35.5. The number of hydrogen-bond donors (Lipinski definition) is 0. The summed E-state index contributed by atoms with van der Waals surface area (Å²) in [7, 11) is 0. The Hall–Kier alpha value is -4.96. The van der Waals surface area contributed by atoms with Crippen LogP contribution in [-0.2, 0) is 41.5 Å². The Morgan fingerprint density at radius 2 is 0.793 bits per heavy atom. The summed E-state index contributed by atoms with van der Waals surface area (Å²) in [5.41, 5.74) is 5.62. The molecule has 0 aliphatic carbocycles. The van der Waals surface area contributed by atoms with Gasteiger partial charge in [0.15, 0.2) is 13.5 Å². The molecule has 4 aromatic rings. The van der Waals surface area contributed by atoms with Crippen molar-refractivity contribution in [3.63, 3.8) is 0 Å². The number of piperazine rings is 2. The third-order valence-electron chi connectivity index (χ3n) is 16.3. The molecule has 8 rings (SSSR count). The fourth-order valence-corrected chi connectivity index (χ4v) is 12.2. The van der Waals surface area contributed by atoms with Crippen LogP contribution in [0.5, 0.6) is 11.5 Å². The van der Waals surface area contributed by atoms with E-state index in [2.05, 4.69) is 19.6 Å². The van der Waals surface area contributed by atoms with E-state index in [0.29, 0.717) is 83.3 Å². The molecule has 82 heavy (non-hydrogen) atoms. The molecule has 0 spiro atoms. The Kier molecular flexibility index (Phi) is 25.8. The first-order valence-electron chi connectivity index (χ1n) is 30.3. The Morgan fingerprint density at radius 3 is 1.18 bits per heavy atom. The van der Waals surface area contributed by atoms with Gasteiger partial charge in [0, 0.05) is 90.2 Å². The van der Waals surface area contributed by atoms with Crippen LogP contribution in [0.15, 0.2) is 72.8 Å². The summed E-state index contributed by atoms with van der Waals surface area (Å²) in [6.45, 7) is 10.5. The highest BCUT2D eigenvalue weighted by Gasteiger charge is 2.28. The van der Waals surface area contributed by atoms with Crippen LogP contribution in [0.3, 0.4) is 0 Å². The molecule has 0 radical (unpaired) electrons. The minimum absolute atomic E-state index is 0.0484. The maximum absolute atomic E-state index is 13.0. The van der Waals surface area contributed by atoms with Crippen LogP contribution in [-0.4, -0.2) is 126 Å². The van der Waals surface area contributed by atoms with Gasteiger partial charge < -0.3 is 28.7 Å². The van der Waals surface area contributed by atoms with E-state index in [1.807, 2.05) is 72.8 Å². The van der Waals surface area contributed by atoms with E-state index in [1.54, 1.807) is 9.80 Å². The lowest BCUT2D eigenvalue weighted by Crippen LogP contribution is -2.46. The predicted octanol–water partition coefficient (Wildman–Crippen LogP) is 14.0. The minimum atomic E-state index is -0.276. The molecular formula is C64H84Cl4N6O8. The Morgan fingerprint density at radius 1 is 0.415 bits per heavy atom. The molecule has 0 atom stereocenters. The number of halogens is 4. The highest BCUT2D eigenvalue weighted by molar-refractivity contribution is 6.44. The third kappa shape index (κ3) is 19.3. The minimum Gasteiger partial charge on any atom is -0.494 e. The zero-order valence-electron chi connectivity index (χ0n) is 47.8. The predicted molar refractivity (Wildman–Crippen MR) is 331 cm³/mol. The number of amides is 2. The molecule has 0 unspecified atom stereocenters. The average molecular weight is 1210 g/mol. The van der Waals surface area contributed by atoms with Gasteiger partial charge in [-0.25, -0.2) is 0 Å². The zero-order valence-corrected chi connectivity index (χ0v) is 50.9. The maximum Gasteiger partial charge on any atom is 0.307 e. The molecule has 0 aromatic heterocycles. The number of fused-ring (bicyclic) bond motifs is 2. The van der Waals surface area contributed by atoms with Gasteiger partial charge in [-0.2, -0.15) is 0 Å². The summed E-state index contributed by atoms with van der Waals surface area (Å²) >= 11 is 25.4. The summed E-state index contributed by atoms with van der Waals surface area (Å²) in [5, 5.41) is 2.40. The summed E-state index contributed by atoms with van der Waals surface area (Å²) in [6, 6.07) is 23.4. The second-order valence-electron chi connectivity index (χ2n) is 22.2. The van der Waals surface area contributed by atoms with Crippen molar-refractivity contribution in [3.8, 4) is 11.5 Å². The molecule has 4 aliphatic heterocycles. The molecule has 2 fully saturated rings. The molecule has 446 valence electrons. The largest absolute Gasteiger partial charge is 0.494 e. The number of nitrogens with zero attached hydrogens (tertiary/aromatic N) is 6. The quantitative estimate of drug-likeness (QED) is 0.0333. The van der Waals surface area contributed by atoms with Crippen LogP contribution in [0.2, 0.25) is 20.1 Å². The lowest BCUT2D eigenvalue weighted by atomic mass is 10.0. The van der Waals surface area contributed by atoms with Gasteiger partial charge in [-0.05, 0) is 112 Å². The summed E-state index contributed by atoms with van der Waals surface area (Å²) < 4.78 is 23.5. The number of ether oxygens (including phenoxy) is 4. The first kappa shape index (κ1) is 63.1. The van der Waals surface area contributed by atoms with Gasteiger partial charge in [-0.15, -0.1) is 0 Å². The van der Waals surface area contributed by atoms with Gasteiger partial charge >= 0.3 is 11.9 Å². The van der Waals surface area contributed by atoms with E-state index in [0.717, 1.165) is 176 Å².